The lowest BCUT2D eigenvalue weighted by atomic mass is 10.2. The molecule has 1 aliphatic rings. The van der Waals surface area contributed by atoms with Gasteiger partial charge in [-0.15, -0.1) is 0 Å². The minimum absolute atomic E-state index is 0.678. The number of hydrogen-bond donors (Lipinski definition) is 0. The average Bonchev–Trinajstić information content (AvgIpc) is 2.55. The van der Waals surface area contributed by atoms with Gasteiger partial charge in [0.15, 0.2) is 0 Å². The van der Waals surface area contributed by atoms with E-state index in [1.807, 2.05) is 6.07 Å². The molecule has 0 saturated carbocycles. The summed E-state index contributed by atoms with van der Waals surface area (Å²) in [6.07, 6.45) is 2.26. The summed E-state index contributed by atoms with van der Waals surface area (Å²) < 4.78 is 11.3. The van der Waals surface area contributed by atoms with Gasteiger partial charge in [-0.1, -0.05) is 13.8 Å². The number of rotatable bonds is 9. The summed E-state index contributed by atoms with van der Waals surface area (Å²) in [4.78, 5) is 9.44. The van der Waals surface area contributed by atoms with Crippen molar-refractivity contribution in [2.45, 2.75) is 33.6 Å². The minimum atomic E-state index is 0.678. The van der Waals surface area contributed by atoms with E-state index in [2.05, 4.69) is 36.6 Å². The Morgan fingerprint density at radius 2 is 1.87 bits per heavy atom. The molecule has 1 aliphatic heterocycles. The summed E-state index contributed by atoms with van der Waals surface area (Å²) in [6.45, 7) is 13.9. The second-order valence-electron chi connectivity index (χ2n) is 6.13. The largest absolute Gasteiger partial charge is 0.476 e. The van der Waals surface area contributed by atoms with Gasteiger partial charge in [-0.25, -0.2) is 0 Å². The Bertz CT molecular complexity index is 456. The van der Waals surface area contributed by atoms with Gasteiger partial charge in [0, 0.05) is 38.8 Å². The SMILES string of the molecule is CCCN(CCC)c1cc(C)cc(OCCN2CCOCC2)n1. The lowest BCUT2D eigenvalue weighted by Gasteiger charge is -2.26. The van der Waals surface area contributed by atoms with Crippen LogP contribution in [0.25, 0.3) is 0 Å². The van der Waals surface area contributed by atoms with Gasteiger partial charge in [-0.2, -0.15) is 4.98 Å². The molecule has 0 radical (unpaired) electrons. The van der Waals surface area contributed by atoms with E-state index in [1.165, 1.54) is 5.56 Å². The molecule has 2 rings (SSSR count). The number of pyridine rings is 1. The fourth-order valence-corrected chi connectivity index (χ4v) is 2.84. The van der Waals surface area contributed by atoms with Crippen LogP contribution in [-0.2, 0) is 4.74 Å². The summed E-state index contributed by atoms with van der Waals surface area (Å²) in [6, 6.07) is 4.18. The van der Waals surface area contributed by atoms with E-state index < -0.39 is 0 Å². The number of aromatic nitrogens is 1. The van der Waals surface area contributed by atoms with Gasteiger partial charge in [0.05, 0.1) is 13.2 Å². The van der Waals surface area contributed by atoms with E-state index in [1.54, 1.807) is 0 Å². The first-order chi connectivity index (χ1) is 11.2. The van der Waals surface area contributed by atoms with E-state index >= 15 is 0 Å². The van der Waals surface area contributed by atoms with Crippen LogP contribution in [0.3, 0.4) is 0 Å². The molecule has 0 N–H and O–H groups in total. The summed E-state index contributed by atoms with van der Waals surface area (Å²) in [5, 5.41) is 0. The minimum Gasteiger partial charge on any atom is -0.476 e. The van der Waals surface area contributed by atoms with Crippen molar-refractivity contribution in [3.8, 4) is 5.88 Å². The van der Waals surface area contributed by atoms with Crippen molar-refractivity contribution in [1.82, 2.24) is 9.88 Å². The van der Waals surface area contributed by atoms with Gasteiger partial charge < -0.3 is 14.4 Å². The van der Waals surface area contributed by atoms with Crippen LogP contribution >= 0.6 is 0 Å². The predicted molar refractivity (Wildman–Crippen MR) is 94.5 cm³/mol. The van der Waals surface area contributed by atoms with Crippen LogP contribution in [0, 0.1) is 6.92 Å². The third-order valence-corrected chi connectivity index (χ3v) is 4.00. The molecule has 0 atom stereocenters. The highest BCUT2D eigenvalue weighted by Crippen LogP contribution is 2.20. The van der Waals surface area contributed by atoms with Crippen LogP contribution in [0.1, 0.15) is 32.3 Å². The number of morpholine rings is 1. The Balaban J connectivity index is 1.92. The predicted octanol–water partition coefficient (Wildman–Crippen LogP) is 2.73. The number of aryl methyl sites for hydroxylation is 1. The zero-order valence-electron chi connectivity index (χ0n) is 14.9. The Morgan fingerprint density at radius 1 is 1.17 bits per heavy atom. The van der Waals surface area contributed by atoms with E-state index in [9.17, 15) is 0 Å². The zero-order valence-corrected chi connectivity index (χ0v) is 14.9. The van der Waals surface area contributed by atoms with Gasteiger partial charge in [-0.3, -0.25) is 4.90 Å². The van der Waals surface area contributed by atoms with Crippen molar-refractivity contribution in [3.05, 3.63) is 17.7 Å². The maximum atomic E-state index is 5.92. The Kier molecular flexibility index (Phi) is 7.62. The number of hydrogen-bond acceptors (Lipinski definition) is 5. The van der Waals surface area contributed by atoms with Crippen molar-refractivity contribution in [2.24, 2.45) is 0 Å². The fourth-order valence-electron chi connectivity index (χ4n) is 2.84. The van der Waals surface area contributed by atoms with Crippen LogP contribution in [-0.4, -0.2) is 62.4 Å². The van der Waals surface area contributed by atoms with E-state index in [4.69, 9.17) is 14.5 Å². The van der Waals surface area contributed by atoms with E-state index in [-0.39, 0.29) is 0 Å². The zero-order chi connectivity index (χ0) is 16.5. The first-order valence-electron chi connectivity index (χ1n) is 8.89. The standard InChI is InChI=1S/C18H31N3O2/c1-4-6-21(7-5-2)17-14-16(3)15-18(19-17)23-13-10-20-8-11-22-12-9-20/h14-15H,4-13H2,1-3H3. The smallest absolute Gasteiger partial charge is 0.215 e. The van der Waals surface area contributed by atoms with Gasteiger partial charge in [0.2, 0.25) is 5.88 Å². The molecule has 2 heterocycles. The molecule has 1 saturated heterocycles. The first-order valence-corrected chi connectivity index (χ1v) is 8.89. The molecule has 5 nitrogen and oxygen atoms in total. The quantitative estimate of drug-likeness (QED) is 0.699. The van der Waals surface area contributed by atoms with Crippen LogP contribution in [0.2, 0.25) is 0 Å². The molecule has 1 aromatic rings. The van der Waals surface area contributed by atoms with Crippen LogP contribution in [0.4, 0.5) is 5.82 Å². The maximum Gasteiger partial charge on any atom is 0.215 e. The van der Waals surface area contributed by atoms with E-state index in [0.717, 1.165) is 70.5 Å². The van der Waals surface area contributed by atoms with Crippen LogP contribution in [0.15, 0.2) is 12.1 Å². The first kappa shape index (κ1) is 18.0. The van der Waals surface area contributed by atoms with Crippen molar-refractivity contribution >= 4 is 5.82 Å². The fraction of sp³-hybridized carbons (Fsp3) is 0.722. The van der Waals surface area contributed by atoms with Crippen molar-refractivity contribution in [2.75, 3.05) is 57.4 Å². The lowest BCUT2D eigenvalue weighted by Crippen LogP contribution is -2.38. The van der Waals surface area contributed by atoms with Gasteiger partial charge in [0.1, 0.15) is 12.4 Å². The highest BCUT2D eigenvalue weighted by molar-refractivity contribution is 5.43. The molecule has 0 amide bonds. The molecule has 0 bridgehead atoms. The number of ether oxygens (including phenoxy) is 2. The summed E-state index contributed by atoms with van der Waals surface area (Å²) in [5.41, 5.74) is 1.20. The number of nitrogens with zero attached hydrogens (tertiary/aromatic N) is 3. The third-order valence-electron chi connectivity index (χ3n) is 4.00. The van der Waals surface area contributed by atoms with Crippen molar-refractivity contribution < 1.29 is 9.47 Å². The Morgan fingerprint density at radius 3 is 2.52 bits per heavy atom. The Hall–Kier alpha value is -1.33. The normalized spacial score (nSPS) is 15.6. The molecule has 1 aromatic heterocycles. The molecule has 0 aliphatic carbocycles. The molecule has 5 heteroatoms. The molecule has 0 spiro atoms. The summed E-state index contributed by atoms with van der Waals surface area (Å²) in [7, 11) is 0. The second kappa shape index (κ2) is 9.73. The molecule has 23 heavy (non-hydrogen) atoms. The summed E-state index contributed by atoms with van der Waals surface area (Å²) in [5.74, 6) is 1.78. The van der Waals surface area contributed by atoms with Crippen LogP contribution in [0.5, 0.6) is 5.88 Å². The Labute approximate surface area is 140 Å². The molecule has 130 valence electrons. The molecule has 1 fully saturated rings. The lowest BCUT2D eigenvalue weighted by molar-refractivity contribution is 0.0320. The molecule has 0 unspecified atom stereocenters. The van der Waals surface area contributed by atoms with Gasteiger partial charge in [0.25, 0.3) is 0 Å². The van der Waals surface area contributed by atoms with Gasteiger partial charge in [-0.05, 0) is 31.4 Å². The second-order valence-corrected chi connectivity index (χ2v) is 6.13. The maximum absolute atomic E-state index is 5.92. The molecular formula is C18H31N3O2. The molecular weight excluding hydrogens is 290 g/mol. The van der Waals surface area contributed by atoms with Gasteiger partial charge >= 0.3 is 0 Å². The monoisotopic (exact) mass is 321 g/mol. The number of anilines is 1. The van der Waals surface area contributed by atoms with E-state index in [0.29, 0.717) is 6.61 Å². The van der Waals surface area contributed by atoms with Crippen LogP contribution < -0.4 is 9.64 Å². The highest BCUT2D eigenvalue weighted by Gasteiger charge is 2.11. The average molecular weight is 321 g/mol. The molecule has 0 aromatic carbocycles. The topological polar surface area (TPSA) is 37.8 Å². The third kappa shape index (κ3) is 5.99. The van der Waals surface area contributed by atoms with Crippen molar-refractivity contribution in [3.63, 3.8) is 0 Å². The highest BCUT2D eigenvalue weighted by atomic mass is 16.5. The van der Waals surface area contributed by atoms with Crippen molar-refractivity contribution in [1.29, 1.82) is 0 Å². The summed E-state index contributed by atoms with van der Waals surface area (Å²) >= 11 is 0.